The van der Waals surface area contributed by atoms with E-state index in [4.69, 9.17) is 0 Å². The normalized spacial score (nSPS) is 15.3. The summed E-state index contributed by atoms with van der Waals surface area (Å²) in [5.41, 5.74) is 2.53. The van der Waals surface area contributed by atoms with E-state index in [1.807, 2.05) is 18.4 Å². The fourth-order valence-electron chi connectivity index (χ4n) is 2.79. The highest BCUT2D eigenvalue weighted by Gasteiger charge is 2.20. The maximum absolute atomic E-state index is 13.4. The molecule has 1 aromatic heterocycles. The summed E-state index contributed by atoms with van der Waals surface area (Å²) >= 11 is 5.43. The zero-order chi connectivity index (χ0) is 14.1. The Kier molecular flexibility index (Phi) is 4.24. The molecule has 1 heterocycles. The van der Waals surface area contributed by atoms with Gasteiger partial charge in [-0.1, -0.05) is 15.9 Å². The molecule has 0 saturated carbocycles. The molecule has 0 radical (unpaired) electrons. The van der Waals surface area contributed by atoms with Gasteiger partial charge in [0.05, 0.1) is 0 Å². The number of likely N-dealkylation sites (N-methyl/N-ethyl adjacent to an activating group) is 1. The summed E-state index contributed by atoms with van der Waals surface area (Å²) in [5.74, 6) is -0.174. The maximum Gasteiger partial charge on any atom is 0.123 e. The van der Waals surface area contributed by atoms with Crippen molar-refractivity contribution in [3.05, 3.63) is 55.4 Å². The van der Waals surface area contributed by atoms with Gasteiger partial charge in [0.1, 0.15) is 5.82 Å². The summed E-state index contributed by atoms with van der Waals surface area (Å²) in [4.78, 5) is 2.91. The molecule has 1 aliphatic rings. The van der Waals surface area contributed by atoms with Crippen LogP contribution in [0.3, 0.4) is 0 Å². The summed E-state index contributed by atoms with van der Waals surface area (Å²) in [6.07, 6.45) is 4.53. The van der Waals surface area contributed by atoms with Gasteiger partial charge in [-0.05, 0) is 68.1 Å². The Morgan fingerprint density at radius 1 is 1.35 bits per heavy atom. The van der Waals surface area contributed by atoms with Crippen LogP contribution in [0.2, 0.25) is 0 Å². The highest BCUT2D eigenvalue weighted by atomic mass is 79.9. The first kappa shape index (κ1) is 14.2. The molecular weight excluding hydrogens is 337 g/mol. The van der Waals surface area contributed by atoms with E-state index in [2.05, 4.69) is 27.3 Å². The first-order valence-electron chi connectivity index (χ1n) is 6.90. The lowest BCUT2D eigenvalue weighted by Crippen LogP contribution is -2.18. The second-order valence-electron chi connectivity index (χ2n) is 5.23. The Morgan fingerprint density at radius 2 is 2.20 bits per heavy atom. The zero-order valence-corrected chi connectivity index (χ0v) is 13.8. The standard InChI is InChI=1S/C16H17BrFNS/c1-19-14(8-11-7-12(18)5-6-13(11)17)16-9-10-3-2-4-15(10)20-16/h5-7,9,14,19H,2-4,8H2,1H3. The van der Waals surface area contributed by atoms with E-state index in [9.17, 15) is 4.39 Å². The van der Waals surface area contributed by atoms with Crippen molar-refractivity contribution >= 4 is 27.3 Å². The van der Waals surface area contributed by atoms with Gasteiger partial charge in [0, 0.05) is 20.3 Å². The summed E-state index contributed by atoms with van der Waals surface area (Å²) in [5, 5.41) is 3.37. The van der Waals surface area contributed by atoms with Crippen molar-refractivity contribution in [1.29, 1.82) is 0 Å². The van der Waals surface area contributed by atoms with Gasteiger partial charge in [-0.2, -0.15) is 0 Å². The number of hydrogen-bond acceptors (Lipinski definition) is 2. The molecule has 4 heteroatoms. The van der Waals surface area contributed by atoms with Crippen LogP contribution < -0.4 is 5.32 Å². The van der Waals surface area contributed by atoms with Crippen LogP contribution in [0.25, 0.3) is 0 Å². The van der Waals surface area contributed by atoms with Gasteiger partial charge in [-0.25, -0.2) is 4.39 Å². The van der Waals surface area contributed by atoms with Crippen molar-refractivity contribution in [2.75, 3.05) is 7.05 Å². The highest BCUT2D eigenvalue weighted by molar-refractivity contribution is 9.10. The number of thiophene rings is 1. The van der Waals surface area contributed by atoms with E-state index >= 15 is 0 Å². The SMILES string of the molecule is CNC(Cc1cc(F)ccc1Br)c1cc2c(s1)CCC2. The molecule has 106 valence electrons. The van der Waals surface area contributed by atoms with Gasteiger partial charge in [0.2, 0.25) is 0 Å². The van der Waals surface area contributed by atoms with Crippen LogP contribution in [0.1, 0.15) is 33.3 Å². The molecule has 0 bridgehead atoms. The second-order valence-corrected chi connectivity index (χ2v) is 7.25. The van der Waals surface area contributed by atoms with Crippen LogP contribution in [-0.2, 0) is 19.3 Å². The first-order chi connectivity index (χ1) is 9.67. The fraction of sp³-hybridized carbons (Fsp3) is 0.375. The Bertz CT molecular complexity index is 601. The molecule has 0 amide bonds. The van der Waals surface area contributed by atoms with E-state index in [1.165, 1.54) is 35.8 Å². The maximum atomic E-state index is 13.4. The molecule has 0 saturated heterocycles. The van der Waals surface area contributed by atoms with Crippen LogP contribution in [0, 0.1) is 5.82 Å². The van der Waals surface area contributed by atoms with Gasteiger partial charge < -0.3 is 5.32 Å². The van der Waals surface area contributed by atoms with Crippen LogP contribution in [0.4, 0.5) is 4.39 Å². The van der Waals surface area contributed by atoms with E-state index in [0.29, 0.717) is 0 Å². The van der Waals surface area contributed by atoms with Crippen LogP contribution >= 0.6 is 27.3 Å². The Balaban J connectivity index is 1.84. The van der Waals surface area contributed by atoms with Crippen molar-refractivity contribution < 1.29 is 4.39 Å². The highest BCUT2D eigenvalue weighted by Crippen LogP contribution is 2.35. The van der Waals surface area contributed by atoms with Crippen LogP contribution in [-0.4, -0.2) is 7.05 Å². The lowest BCUT2D eigenvalue weighted by atomic mass is 10.0. The number of rotatable bonds is 4. The molecule has 1 atom stereocenters. The molecule has 20 heavy (non-hydrogen) atoms. The number of fused-ring (bicyclic) bond motifs is 1. The fourth-order valence-corrected chi connectivity index (χ4v) is 4.56. The second kappa shape index (κ2) is 5.96. The predicted octanol–water partition coefficient (Wildman–Crippen LogP) is 4.64. The Morgan fingerprint density at radius 3 is 2.95 bits per heavy atom. The average molecular weight is 354 g/mol. The molecule has 2 aromatic rings. The minimum Gasteiger partial charge on any atom is -0.312 e. The molecule has 0 fully saturated rings. The van der Waals surface area contributed by atoms with Crippen molar-refractivity contribution in [1.82, 2.24) is 5.32 Å². The molecule has 1 unspecified atom stereocenters. The Labute approximate surface area is 131 Å². The summed E-state index contributed by atoms with van der Waals surface area (Å²) in [7, 11) is 1.97. The van der Waals surface area contributed by atoms with Crippen molar-refractivity contribution in [3.8, 4) is 0 Å². The third-order valence-corrected chi connectivity index (χ3v) is 6.01. The lowest BCUT2D eigenvalue weighted by molar-refractivity contribution is 0.590. The van der Waals surface area contributed by atoms with Crippen molar-refractivity contribution in [2.24, 2.45) is 0 Å². The van der Waals surface area contributed by atoms with E-state index in [0.717, 1.165) is 16.5 Å². The van der Waals surface area contributed by atoms with Gasteiger partial charge >= 0.3 is 0 Å². The molecular formula is C16H17BrFNS. The minimum absolute atomic E-state index is 0.174. The molecule has 1 nitrogen and oxygen atoms in total. The minimum atomic E-state index is -0.174. The lowest BCUT2D eigenvalue weighted by Gasteiger charge is -2.16. The number of halogens is 2. The van der Waals surface area contributed by atoms with Gasteiger partial charge in [0.15, 0.2) is 0 Å². The molecule has 1 aliphatic carbocycles. The van der Waals surface area contributed by atoms with E-state index in [1.54, 1.807) is 17.0 Å². The first-order valence-corrected chi connectivity index (χ1v) is 8.51. The van der Waals surface area contributed by atoms with Crippen molar-refractivity contribution in [2.45, 2.75) is 31.7 Å². The largest absolute Gasteiger partial charge is 0.312 e. The summed E-state index contributed by atoms with van der Waals surface area (Å²) in [6.45, 7) is 0. The van der Waals surface area contributed by atoms with E-state index < -0.39 is 0 Å². The average Bonchev–Trinajstić information content (AvgIpc) is 3.00. The molecule has 0 spiro atoms. The molecule has 3 rings (SSSR count). The quantitative estimate of drug-likeness (QED) is 0.843. The van der Waals surface area contributed by atoms with Gasteiger partial charge in [0.25, 0.3) is 0 Å². The molecule has 1 aromatic carbocycles. The van der Waals surface area contributed by atoms with E-state index in [-0.39, 0.29) is 11.9 Å². The molecule has 1 N–H and O–H groups in total. The zero-order valence-electron chi connectivity index (χ0n) is 11.4. The van der Waals surface area contributed by atoms with Gasteiger partial charge in [-0.3, -0.25) is 0 Å². The Hall–Kier alpha value is -0.710. The monoisotopic (exact) mass is 353 g/mol. The third kappa shape index (κ3) is 2.83. The smallest absolute Gasteiger partial charge is 0.123 e. The van der Waals surface area contributed by atoms with Crippen LogP contribution in [0.15, 0.2) is 28.7 Å². The predicted molar refractivity (Wildman–Crippen MR) is 85.9 cm³/mol. The number of hydrogen-bond donors (Lipinski definition) is 1. The summed E-state index contributed by atoms with van der Waals surface area (Å²) < 4.78 is 14.4. The summed E-state index contributed by atoms with van der Waals surface area (Å²) in [6, 6.07) is 7.48. The molecule has 0 aliphatic heterocycles. The number of nitrogens with one attached hydrogen (secondary N) is 1. The number of aryl methyl sites for hydroxylation is 2. The van der Waals surface area contributed by atoms with Crippen LogP contribution in [0.5, 0.6) is 0 Å². The van der Waals surface area contributed by atoms with Gasteiger partial charge in [-0.15, -0.1) is 11.3 Å². The third-order valence-electron chi connectivity index (χ3n) is 3.89. The topological polar surface area (TPSA) is 12.0 Å². The number of benzene rings is 1. The van der Waals surface area contributed by atoms with Crippen molar-refractivity contribution in [3.63, 3.8) is 0 Å².